The van der Waals surface area contributed by atoms with Gasteiger partial charge in [-0.05, 0) is 54.1 Å². The predicted molar refractivity (Wildman–Crippen MR) is 113 cm³/mol. The standard InChI is InChI=1S/C24H17ClO6/c1-30-24(29)15-4-2-13(3-5-15)18-12-20(26)31-19-11-10-17(23(28)21(18)19)22(27)14-6-8-16(25)9-7-14/h2-11,18,28H,12H2,1H3. The Morgan fingerprint density at radius 3 is 2.29 bits per heavy atom. The van der Waals surface area contributed by atoms with E-state index in [1.807, 2.05) is 0 Å². The summed E-state index contributed by atoms with van der Waals surface area (Å²) < 4.78 is 10.0. The molecule has 1 heterocycles. The molecular weight excluding hydrogens is 420 g/mol. The van der Waals surface area contributed by atoms with E-state index in [2.05, 4.69) is 0 Å². The summed E-state index contributed by atoms with van der Waals surface area (Å²) in [5.41, 5.74) is 1.87. The molecule has 0 fully saturated rings. The number of ketones is 1. The quantitative estimate of drug-likeness (QED) is 0.368. The number of aromatic hydroxyl groups is 1. The Labute approximate surface area is 183 Å². The highest BCUT2D eigenvalue weighted by Crippen LogP contribution is 2.45. The van der Waals surface area contributed by atoms with E-state index in [1.165, 1.54) is 19.2 Å². The van der Waals surface area contributed by atoms with E-state index in [0.29, 0.717) is 27.3 Å². The van der Waals surface area contributed by atoms with Crippen LogP contribution < -0.4 is 4.74 Å². The van der Waals surface area contributed by atoms with Crippen LogP contribution >= 0.6 is 11.6 Å². The second kappa shape index (κ2) is 8.24. The first-order valence-electron chi connectivity index (χ1n) is 9.44. The minimum atomic E-state index is -0.541. The van der Waals surface area contributed by atoms with E-state index in [-0.39, 0.29) is 29.3 Å². The molecule has 1 aliphatic rings. The van der Waals surface area contributed by atoms with Crippen molar-refractivity contribution in [2.45, 2.75) is 12.3 Å². The van der Waals surface area contributed by atoms with Crippen molar-refractivity contribution in [1.82, 2.24) is 0 Å². The number of esters is 2. The second-order valence-electron chi connectivity index (χ2n) is 7.05. The Morgan fingerprint density at radius 1 is 1.00 bits per heavy atom. The molecular formula is C24H17ClO6. The second-order valence-corrected chi connectivity index (χ2v) is 7.49. The summed E-state index contributed by atoms with van der Waals surface area (Å²) in [6.07, 6.45) is -0.0171. The Morgan fingerprint density at radius 2 is 1.65 bits per heavy atom. The number of fused-ring (bicyclic) bond motifs is 1. The summed E-state index contributed by atoms with van der Waals surface area (Å²) in [5.74, 6) is -1.90. The number of phenolic OH excluding ortho intramolecular Hbond substituents is 1. The minimum absolute atomic E-state index is 0.0171. The number of carbonyl (C=O) groups is 3. The van der Waals surface area contributed by atoms with Crippen molar-refractivity contribution in [2.24, 2.45) is 0 Å². The highest BCUT2D eigenvalue weighted by molar-refractivity contribution is 6.30. The molecule has 1 unspecified atom stereocenters. The normalized spacial score (nSPS) is 15.0. The third-order valence-corrected chi connectivity index (χ3v) is 5.46. The van der Waals surface area contributed by atoms with Crippen molar-refractivity contribution in [3.63, 3.8) is 0 Å². The Bertz CT molecular complexity index is 1180. The predicted octanol–water partition coefficient (Wildman–Crippen LogP) is 4.50. The van der Waals surface area contributed by atoms with E-state index in [9.17, 15) is 19.5 Å². The van der Waals surface area contributed by atoms with Crippen LogP contribution in [0.4, 0.5) is 0 Å². The summed E-state index contributed by atoms with van der Waals surface area (Å²) in [6.45, 7) is 0. The number of halogens is 1. The molecule has 6 nitrogen and oxygen atoms in total. The smallest absolute Gasteiger partial charge is 0.337 e. The molecule has 0 radical (unpaired) electrons. The number of carbonyl (C=O) groups excluding carboxylic acids is 3. The van der Waals surface area contributed by atoms with Crippen molar-refractivity contribution in [2.75, 3.05) is 7.11 Å². The van der Waals surface area contributed by atoms with Crippen LogP contribution in [0.2, 0.25) is 5.02 Å². The Kier molecular flexibility index (Phi) is 5.48. The van der Waals surface area contributed by atoms with Crippen LogP contribution in [0.1, 0.15) is 49.7 Å². The molecule has 4 rings (SSSR count). The lowest BCUT2D eigenvalue weighted by atomic mass is 9.83. The first kappa shape index (κ1) is 20.6. The molecule has 156 valence electrons. The summed E-state index contributed by atoms with van der Waals surface area (Å²) in [7, 11) is 1.29. The third-order valence-electron chi connectivity index (χ3n) is 5.21. The molecule has 3 aromatic rings. The van der Waals surface area contributed by atoms with Gasteiger partial charge in [-0.2, -0.15) is 0 Å². The van der Waals surface area contributed by atoms with Crippen molar-refractivity contribution >= 4 is 29.3 Å². The average molecular weight is 437 g/mol. The zero-order chi connectivity index (χ0) is 22.1. The van der Waals surface area contributed by atoms with Crippen molar-refractivity contribution in [1.29, 1.82) is 0 Å². The minimum Gasteiger partial charge on any atom is -0.507 e. The van der Waals surface area contributed by atoms with Gasteiger partial charge in [-0.15, -0.1) is 0 Å². The van der Waals surface area contributed by atoms with Gasteiger partial charge >= 0.3 is 11.9 Å². The van der Waals surface area contributed by atoms with Crippen LogP contribution in [0.25, 0.3) is 0 Å². The van der Waals surface area contributed by atoms with Gasteiger partial charge in [0, 0.05) is 22.1 Å². The summed E-state index contributed by atoms with van der Waals surface area (Å²) in [6, 6.07) is 15.8. The molecule has 0 amide bonds. The van der Waals surface area contributed by atoms with Crippen molar-refractivity contribution in [3.05, 3.63) is 93.5 Å². The molecule has 3 aromatic carbocycles. The largest absolute Gasteiger partial charge is 0.507 e. The van der Waals surface area contributed by atoms with Crippen LogP contribution in [-0.4, -0.2) is 29.9 Å². The van der Waals surface area contributed by atoms with E-state index < -0.39 is 17.9 Å². The highest BCUT2D eigenvalue weighted by atomic mass is 35.5. The first-order valence-corrected chi connectivity index (χ1v) is 9.82. The average Bonchev–Trinajstić information content (AvgIpc) is 2.78. The van der Waals surface area contributed by atoms with E-state index in [0.717, 1.165) is 0 Å². The molecule has 0 bridgehead atoms. The van der Waals surface area contributed by atoms with Crippen molar-refractivity contribution in [3.8, 4) is 11.5 Å². The molecule has 1 aliphatic heterocycles. The number of benzene rings is 3. The van der Waals surface area contributed by atoms with Gasteiger partial charge < -0.3 is 14.6 Å². The van der Waals surface area contributed by atoms with E-state index in [4.69, 9.17) is 21.1 Å². The fourth-order valence-corrected chi connectivity index (χ4v) is 3.77. The van der Waals surface area contributed by atoms with Gasteiger partial charge in [-0.3, -0.25) is 9.59 Å². The lowest BCUT2D eigenvalue weighted by Crippen LogP contribution is -2.22. The summed E-state index contributed by atoms with van der Waals surface area (Å²) in [5, 5.41) is 11.5. The number of hydrogen-bond donors (Lipinski definition) is 1. The van der Waals surface area contributed by atoms with Gasteiger partial charge in [0.05, 0.1) is 24.7 Å². The van der Waals surface area contributed by atoms with Gasteiger partial charge in [0.25, 0.3) is 0 Å². The van der Waals surface area contributed by atoms with Crippen LogP contribution in [0.5, 0.6) is 11.5 Å². The Hall–Kier alpha value is -3.64. The monoisotopic (exact) mass is 436 g/mol. The number of phenols is 1. The number of hydrogen-bond acceptors (Lipinski definition) is 6. The fraction of sp³-hybridized carbons (Fsp3) is 0.125. The zero-order valence-corrected chi connectivity index (χ0v) is 17.2. The highest BCUT2D eigenvalue weighted by Gasteiger charge is 2.33. The first-order chi connectivity index (χ1) is 14.9. The van der Waals surface area contributed by atoms with Crippen molar-refractivity contribution < 1.29 is 29.0 Å². The maximum absolute atomic E-state index is 13.0. The van der Waals surface area contributed by atoms with Gasteiger partial charge in [0.15, 0.2) is 5.78 Å². The van der Waals surface area contributed by atoms with E-state index in [1.54, 1.807) is 48.5 Å². The lowest BCUT2D eigenvalue weighted by molar-refractivity contribution is -0.135. The number of rotatable bonds is 4. The number of ether oxygens (including phenoxy) is 2. The lowest BCUT2D eigenvalue weighted by Gasteiger charge is -2.26. The maximum Gasteiger partial charge on any atom is 0.337 e. The molecule has 31 heavy (non-hydrogen) atoms. The van der Waals surface area contributed by atoms with Gasteiger partial charge in [0.1, 0.15) is 11.5 Å². The van der Waals surface area contributed by atoms with E-state index >= 15 is 0 Å². The van der Waals surface area contributed by atoms with Crippen LogP contribution in [0.3, 0.4) is 0 Å². The topological polar surface area (TPSA) is 89.9 Å². The Balaban J connectivity index is 1.77. The van der Waals surface area contributed by atoms with Gasteiger partial charge in [-0.25, -0.2) is 4.79 Å². The molecule has 1 N–H and O–H groups in total. The van der Waals surface area contributed by atoms with Gasteiger partial charge in [0.2, 0.25) is 0 Å². The van der Waals surface area contributed by atoms with Crippen LogP contribution in [0, 0.1) is 0 Å². The fourth-order valence-electron chi connectivity index (χ4n) is 3.64. The summed E-state index contributed by atoms with van der Waals surface area (Å²) in [4.78, 5) is 36.8. The molecule has 7 heteroatoms. The number of methoxy groups -OCH3 is 1. The molecule has 0 aromatic heterocycles. The molecule has 1 atom stereocenters. The van der Waals surface area contributed by atoms with Crippen LogP contribution in [-0.2, 0) is 9.53 Å². The SMILES string of the molecule is COC(=O)c1ccc(C2CC(=O)Oc3ccc(C(=O)c4ccc(Cl)cc4)c(O)c32)cc1. The van der Waals surface area contributed by atoms with Gasteiger partial charge in [-0.1, -0.05) is 23.7 Å². The maximum atomic E-state index is 13.0. The zero-order valence-electron chi connectivity index (χ0n) is 16.4. The molecule has 0 aliphatic carbocycles. The summed E-state index contributed by atoms with van der Waals surface area (Å²) >= 11 is 5.89. The third kappa shape index (κ3) is 3.90. The molecule has 0 saturated heterocycles. The van der Waals surface area contributed by atoms with Crippen LogP contribution in [0.15, 0.2) is 60.7 Å². The molecule has 0 saturated carbocycles. The molecule has 0 spiro atoms.